The second-order valence-electron chi connectivity index (χ2n) is 4.85. The van der Waals surface area contributed by atoms with Gasteiger partial charge < -0.3 is 16.5 Å². The summed E-state index contributed by atoms with van der Waals surface area (Å²) >= 11 is 6.02. The first kappa shape index (κ1) is 17.4. The molecule has 0 bridgehead atoms. The van der Waals surface area contributed by atoms with Gasteiger partial charge in [-0.3, -0.25) is 14.6 Å². The Morgan fingerprint density at radius 3 is 2.50 bits per heavy atom. The van der Waals surface area contributed by atoms with Gasteiger partial charge in [0, 0.05) is 29.5 Å². The van der Waals surface area contributed by atoms with Crippen molar-refractivity contribution < 1.29 is 9.59 Å². The van der Waals surface area contributed by atoms with E-state index in [4.69, 9.17) is 22.7 Å². The van der Waals surface area contributed by atoms with E-state index in [2.05, 4.69) is 10.3 Å². The van der Waals surface area contributed by atoms with Gasteiger partial charge in [0.25, 0.3) is 11.8 Å². The van der Waals surface area contributed by atoms with Crippen molar-refractivity contribution in [3.8, 4) is 0 Å². The van der Waals surface area contributed by atoms with E-state index in [9.17, 15) is 9.59 Å². The molecule has 2 rings (SSSR count). The summed E-state index contributed by atoms with van der Waals surface area (Å²) in [7, 11) is 0. The van der Waals surface area contributed by atoms with Crippen LogP contribution in [0, 0.1) is 5.41 Å². The molecular formula is C17H15ClN4O2. The first-order chi connectivity index (χ1) is 11.5. The van der Waals surface area contributed by atoms with Crippen molar-refractivity contribution >= 4 is 29.1 Å². The Kier molecular flexibility index (Phi) is 5.81. The Labute approximate surface area is 143 Å². The Bertz CT molecular complexity index is 803. The van der Waals surface area contributed by atoms with Crippen LogP contribution in [0.4, 0.5) is 0 Å². The van der Waals surface area contributed by atoms with Crippen molar-refractivity contribution in [3.05, 3.63) is 76.6 Å². The molecule has 4 N–H and O–H groups in total. The molecule has 2 amide bonds. The van der Waals surface area contributed by atoms with Gasteiger partial charge in [-0.2, -0.15) is 0 Å². The van der Waals surface area contributed by atoms with Crippen molar-refractivity contribution in [2.24, 2.45) is 5.73 Å². The average Bonchev–Trinajstić information content (AvgIpc) is 2.59. The number of halogens is 1. The van der Waals surface area contributed by atoms with E-state index < -0.39 is 11.8 Å². The molecule has 1 aromatic carbocycles. The Balaban J connectivity index is 2.14. The zero-order valence-corrected chi connectivity index (χ0v) is 13.4. The summed E-state index contributed by atoms with van der Waals surface area (Å²) in [5.74, 6) is -1.58. The molecule has 0 aliphatic carbocycles. The quantitative estimate of drug-likeness (QED) is 0.322. The number of allylic oxidation sites excluding steroid dienone is 1. The van der Waals surface area contributed by atoms with Gasteiger partial charge in [-0.05, 0) is 29.8 Å². The van der Waals surface area contributed by atoms with Gasteiger partial charge in [-0.1, -0.05) is 29.8 Å². The number of pyridine rings is 1. The third-order valence-electron chi connectivity index (χ3n) is 3.19. The summed E-state index contributed by atoms with van der Waals surface area (Å²) < 4.78 is 0. The maximum Gasteiger partial charge on any atom is 0.257 e. The zero-order valence-electron chi connectivity index (χ0n) is 12.6. The Morgan fingerprint density at radius 1 is 1.21 bits per heavy atom. The van der Waals surface area contributed by atoms with Crippen LogP contribution in [0.25, 0.3) is 0 Å². The highest BCUT2D eigenvalue weighted by Gasteiger charge is 2.16. The highest BCUT2D eigenvalue weighted by atomic mass is 35.5. The molecule has 0 radical (unpaired) electrons. The lowest BCUT2D eigenvalue weighted by Gasteiger charge is -2.08. The fraction of sp³-hybridized carbons (Fsp3) is 0.0588. The fourth-order valence-corrected chi connectivity index (χ4v) is 2.12. The molecule has 0 spiro atoms. The topological polar surface area (TPSA) is 109 Å². The molecule has 6 nitrogen and oxygen atoms in total. The molecule has 0 aliphatic heterocycles. The summed E-state index contributed by atoms with van der Waals surface area (Å²) in [5.41, 5.74) is 6.17. The number of hydrogen-bond donors (Lipinski definition) is 3. The first-order valence-corrected chi connectivity index (χ1v) is 7.39. The van der Waals surface area contributed by atoms with E-state index in [1.165, 1.54) is 12.4 Å². The van der Waals surface area contributed by atoms with Crippen LogP contribution in [0.15, 0.2) is 60.4 Å². The van der Waals surface area contributed by atoms with Gasteiger partial charge in [-0.25, -0.2) is 0 Å². The minimum absolute atomic E-state index is 0.0147. The summed E-state index contributed by atoms with van der Waals surface area (Å²) in [6, 6.07) is 10.2. The predicted molar refractivity (Wildman–Crippen MR) is 91.6 cm³/mol. The average molecular weight is 343 g/mol. The number of rotatable bonds is 6. The van der Waals surface area contributed by atoms with E-state index in [0.29, 0.717) is 16.1 Å². The normalized spacial score (nSPS) is 11.0. The van der Waals surface area contributed by atoms with Crippen molar-refractivity contribution in [2.75, 3.05) is 0 Å². The van der Waals surface area contributed by atoms with E-state index in [-0.39, 0.29) is 17.8 Å². The lowest BCUT2D eigenvalue weighted by Crippen LogP contribution is -2.32. The number of nitrogens with two attached hydrogens (primary N) is 1. The molecule has 24 heavy (non-hydrogen) atoms. The van der Waals surface area contributed by atoms with Crippen LogP contribution >= 0.6 is 11.6 Å². The van der Waals surface area contributed by atoms with Crippen molar-refractivity contribution in [1.82, 2.24) is 10.3 Å². The van der Waals surface area contributed by atoms with Gasteiger partial charge in [0.2, 0.25) is 0 Å². The number of aromatic nitrogens is 1. The number of nitrogens with zero attached hydrogens (tertiary/aromatic N) is 1. The minimum atomic E-state index is -0.912. The van der Waals surface area contributed by atoms with Crippen LogP contribution in [-0.4, -0.2) is 22.5 Å². The number of primary amides is 1. The molecule has 7 heteroatoms. The molecule has 0 aliphatic rings. The zero-order chi connectivity index (χ0) is 17.5. The molecule has 0 saturated carbocycles. The molecule has 1 heterocycles. The van der Waals surface area contributed by atoms with Crippen molar-refractivity contribution in [1.29, 1.82) is 5.41 Å². The lowest BCUT2D eigenvalue weighted by atomic mass is 10.1. The van der Waals surface area contributed by atoms with Gasteiger partial charge in [-0.15, -0.1) is 0 Å². The maximum atomic E-state index is 12.2. The fourth-order valence-electron chi connectivity index (χ4n) is 1.92. The van der Waals surface area contributed by atoms with Crippen LogP contribution in [0.1, 0.15) is 11.1 Å². The Hall–Kier alpha value is -2.99. The molecule has 2 aromatic rings. The third kappa shape index (κ3) is 4.50. The second kappa shape index (κ2) is 8.03. The second-order valence-corrected chi connectivity index (χ2v) is 5.25. The largest absolute Gasteiger partial charge is 0.365 e. The first-order valence-electron chi connectivity index (χ1n) is 7.01. The molecule has 0 unspecified atom stereocenters. The number of nitrogens with one attached hydrogen (secondary N) is 2. The van der Waals surface area contributed by atoms with E-state index in [1.807, 2.05) is 0 Å². The highest BCUT2D eigenvalue weighted by Crippen LogP contribution is 2.14. The smallest absolute Gasteiger partial charge is 0.257 e. The monoisotopic (exact) mass is 342 g/mol. The summed E-state index contributed by atoms with van der Waals surface area (Å²) in [6.07, 6.45) is 4.16. The summed E-state index contributed by atoms with van der Waals surface area (Å²) in [6.45, 7) is 0.145. The lowest BCUT2D eigenvalue weighted by molar-refractivity contribution is -0.122. The van der Waals surface area contributed by atoms with E-state index >= 15 is 0 Å². The molecular weight excluding hydrogens is 328 g/mol. The van der Waals surface area contributed by atoms with Gasteiger partial charge in [0.15, 0.2) is 0 Å². The number of amides is 2. The third-order valence-corrected chi connectivity index (χ3v) is 3.56. The maximum absolute atomic E-state index is 12.2. The minimum Gasteiger partial charge on any atom is -0.365 e. The number of carbonyl (C=O) groups excluding carboxylic acids is 2. The molecule has 1 aromatic heterocycles. The van der Waals surface area contributed by atoms with Crippen LogP contribution in [0.2, 0.25) is 5.02 Å². The van der Waals surface area contributed by atoms with Crippen molar-refractivity contribution in [3.63, 3.8) is 0 Å². The van der Waals surface area contributed by atoms with Crippen LogP contribution in [0.3, 0.4) is 0 Å². The summed E-state index contributed by atoms with van der Waals surface area (Å²) in [5, 5.41) is 11.0. The van der Waals surface area contributed by atoms with Crippen LogP contribution < -0.4 is 11.1 Å². The number of carbonyl (C=O) groups is 2. The van der Waals surface area contributed by atoms with E-state index in [0.717, 1.165) is 6.08 Å². The van der Waals surface area contributed by atoms with Gasteiger partial charge in [0.1, 0.15) is 5.57 Å². The van der Waals surface area contributed by atoms with Crippen LogP contribution in [-0.2, 0) is 16.1 Å². The van der Waals surface area contributed by atoms with Crippen LogP contribution in [0.5, 0.6) is 0 Å². The molecule has 0 atom stereocenters. The molecule has 0 fully saturated rings. The van der Waals surface area contributed by atoms with Crippen molar-refractivity contribution in [2.45, 2.75) is 6.54 Å². The molecule has 122 valence electrons. The van der Waals surface area contributed by atoms with E-state index in [1.54, 1.807) is 36.4 Å². The molecule has 0 saturated heterocycles. The highest BCUT2D eigenvalue weighted by molar-refractivity contribution is 6.31. The standard InChI is InChI=1S/C17H15ClN4O2/c18-14-4-2-1-3-12(14)10-22-17(24)13(16(20)23)9-15(19)11-5-7-21-8-6-11/h1-9,19H,10H2,(H2,20,23)(H,22,24). The summed E-state index contributed by atoms with van der Waals surface area (Å²) in [4.78, 5) is 27.6. The van der Waals surface area contributed by atoms with Gasteiger partial charge in [0.05, 0.1) is 5.71 Å². The predicted octanol–water partition coefficient (Wildman–Crippen LogP) is 1.83. The number of benzene rings is 1. The Morgan fingerprint density at radius 2 is 1.88 bits per heavy atom. The SMILES string of the molecule is N=C(C=C(C(N)=O)C(=O)NCc1ccccc1Cl)c1ccncc1. The number of hydrogen-bond acceptors (Lipinski definition) is 4. The van der Waals surface area contributed by atoms with Gasteiger partial charge >= 0.3 is 0 Å².